The van der Waals surface area contributed by atoms with Crippen molar-refractivity contribution in [1.82, 2.24) is 5.32 Å². The Morgan fingerprint density at radius 1 is 1.40 bits per heavy atom. The maximum atomic E-state index is 9.52. The van der Waals surface area contributed by atoms with Crippen molar-refractivity contribution in [3.63, 3.8) is 0 Å². The van der Waals surface area contributed by atoms with E-state index in [4.69, 9.17) is 0 Å². The minimum atomic E-state index is -0.0267. The molecule has 0 aromatic carbocycles. The first-order valence-electron chi connectivity index (χ1n) is 6.29. The van der Waals surface area contributed by atoms with Crippen molar-refractivity contribution < 1.29 is 5.11 Å². The summed E-state index contributed by atoms with van der Waals surface area (Å²) in [6, 6.07) is 0. The van der Waals surface area contributed by atoms with Gasteiger partial charge in [0.2, 0.25) is 0 Å². The monoisotopic (exact) mass is 231 g/mol. The van der Waals surface area contributed by atoms with Crippen LogP contribution in [-0.4, -0.2) is 35.8 Å². The molecular weight excluding hydrogens is 206 g/mol. The molecular formula is C12H25NOS. The van der Waals surface area contributed by atoms with Crippen molar-refractivity contribution in [2.75, 3.05) is 24.6 Å². The van der Waals surface area contributed by atoms with E-state index in [1.807, 2.05) is 11.8 Å². The van der Waals surface area contributed by atoms with Crippen LogP contribution in [0.5, 0.6) is 0 Å². The highest BCUT2D eigenvalue weighted by atomic mass is 32.2. The van der Waals surface area contributed by atoms with Gasteiger partial charge < -0.3 is 10.4 Å². The summed E-state index contributed by atoms with van der Waals surface area (Å²) < 4.78 is 0. The first-order valence-corrected chi connectivity index (χ1v) is 7.45. The number of aliphatic hydroxyl groups is 1. The Balaban J connectivity index is 1.90. The zero-order valence-electron chi connectivity index (χ0n) is 9.87. The van der Waals surface area contributed by atoms with Crippen molar-refractivity contribution >= 4 is 11.8 Å². The molecule has 0 bridgehead atoms. The molecule has 1 aliphatic rings. The highest BCUT2D eigenvalue weighted by Crippen LogP contribution is 2.23. The molecule has 0 radical (unpaired) electrons. The van der Waals surface area contributed by atoms with Gasteiger partial charge in [-0.25, -0.2) is 0 Å². The smallest absolute Gasteiger partial charge is 0.0543 e. The average molecular weight is 231 g/mol. The van der Waals surface area contributed by atoms with E-state index >= 15 is 0 Å². The third-order valence-electron chi connectivity index (χ3n) is 3.03. The predicted molar refractivity (Wildman–Crippen MR) is 68.5 cm³/mol. The quantitative estimate of drug-likeness (QED) is 0.659. The summed E-state index contributed by atoms with van der Waals surface area (Å²) in [5.41, 5.74) is 0. The zero-order chi connectivity index (χ0) is 10.9. The minimum absolute atomic E-state index is 0.0267. The van der Waals surface area contributed by atoms with E-state index in [1.165, 1.54) is 30.8 Å². The third kappa shape index (κ3) is 6.44. The van der Waals surface area contributed by atoms with Crippen LogP contribution >= 0.6 is 11.8 Å². The van der Waals surface area contributed by atoms with E-state index in [2.05, 4.69) is 12.2 Å². The van der Waals surface area contributed by atoms with Crippen molar-refractivity contribution in [1.29, 1.82) is 0 Å². The average Bonchev–Trinajstić information content (AvgIpc) is 2.23. The Morgan fingerprint density at radius 2 is 2.27 bits per heavy atom. The fourth-order valence-corrected chi connectivity index (χ4v) is 2.83. The molecule has 0 amide bonds. The van der Waals surface area contributed by atoms with Gasteiger partial charge in [0.05, 0.1) is 6.10 Å². The second-order valence-electron chi connectivity index (χ2n) is 4.44. The Hall–Kier alpha value is 0.270. The summed E-state index contributed by atoms with van der Waals surface area (Å²) in [6.45, 7) is 4.45. The highest BCUT2D eigenvalue weighted by molar-refractivity contribution is 7.99. The Labute approximate surface area is 98.2 Å². The predicted octanol–water partition coefficient (Wildman–Crippen LogP) is 2.27. The van der Waals surface area contributed by atoms with E-state index in [1.54, 1.807) is 0 Å². The Bertz CT molecular complexity index is 155. The molecule has 0 saturated heterocycles. The SMILES string of the molecule is CCSCCCNCC1CCCC(O)C1. The summed E-state index contributed by atoms with van der Waals surface area (Å²) in [4.78, 5) is 0. The van der Waals surface area contributed by atoms with Crippen LogP contribution in [0, 0.1) is 5.92 Å². The van der Waals surface area contributed by atoms with Crippen molar-refractivity contribution in [3.05, 3.63) is 0 Å². The van der Waals surface area contributed by atoms with Gasteiger partial charge >= 0.3 is 0 Å². The van der Waals surface area contributed by atoms with Crippen LogP contribution in [-0.2, 0) is 0 Å². The Morgan fingerprint density at radius 3 is 3.00 bits per heavy atom. The van der Waals surface area contributed by atoms with Crippen molar-refractivity contribution in [2.24, 2.45) is 5.92 Å². The number of thioether (sulfide) groups is 1. The lowest BCUT2D eigenvalue weighted by Gasteiger charge is -2.25. The molecule has 2 unspecified atom stereocenters. The molecule has 2 atom stereocenters. The fraction of sp³-hybridized carbons (Fsp3) is 1.00. The second kappa shape index (κ2) is 8.43. The van der Waals surface area contributed by atoms with Gasteiger partial charge in [-0.3, -0.25) is 0 Å². The van der Waals surface area contributed by atoms with Gasteiger partial charge in [0.25, 0.3) is 0 Å². The van der Waals surface area contributed by atoms with Crippen LogP contribution in [0.2, 0.25) is 0 Å². The molecule has 1 rings (SSSR count). The number of aliphatic hydroxyl groups excluding tert-OH is 1. The Kier molecular flexibility index (Phi) is 7.49. The van der Waals surface area contributed by atoms with E-state index in [-0.39, 0.29) is 6.10 Å². The number of rotatable bonds is 7. The molecule has 3 heteroatoms. The van der Waals surface area contributed by atoms with Crippen LogP contribution in [0.3, 0.4) is 0 Å². The van der Waals surface area contributed by atoms with Crippen LogP contribution in [0.15, 0.2) is 0 Å². The van der Waals surface area contributed by atoms with Gasteiger partial charge in [0.15, 0.2) is 0 Å². The first-order chi connectivity index (χ1) is 7.33. The van der Waals surface area contributed by atoms with Crippen LogP contribution in [0.4, 0.5) is 0 Å². The van der Waals surface area contributed by atoms with Crippen LogP contribution < -0.4 is 5.32 Å². The van der Waals surface area contributed by atoms with Gasteiger partial charge in [-0.15, -0.1) is 0 Å². The second-order valence-corrected chi connectivity index (χ2v) is 5.83. The fourth-order valence-electron chi connectivity index (χ4n) is 2.20. The summed E-state index contributed by atoms with van der Waals surface area (Å²) in [6.07, 6.45) is 5.78. The van der Waals surface area contributed by atoms with Gasteiger partial charge in [-0.2, -0.15) is 11.8 Å². The summed E-state index contributed by atoms with van der Waals surface area (Å²) in [5.74, 6) is 3.22. The molecule has 0 heterocycles. The summed E-state index contributed by atoms with van der Waals surface area (Å²) in [5, 5.41) is 13.0. The van der Waals surface area contributed by atoms with Crippen LogP contribution in [0.1, 0.15) is 39.0 Å². The standard InChI is InChI=1S/C12H25NOS/c1-2-15-8-4-7-13-10-11-5-3-6-12(14)9-11/h11-14H,2-10H2,1H3. The molecule has 0 aromatic heterocycles. The maximum Gasteiger partial charge on any atom is 0.0543 e. The number of hydrogen-bond acceptors (Lipinski definition) is 3. The zero-order valence-corrected chi connectivity index (χ0v) is 10.7. The van der Waals surface area contributed by atoms with Crippen molar-refractivity contribution in [3.8, 4) is 0 Å². The lowest BCUT2D eigenvalue weighted by atomic mass is 9.87. The number of hydrogen-bond donors (Lipinski definition) is 2. The molecule has 2 N–H and O–H groups in total. The summed E-state index contributed by atoms with van der Waals surface area (Å²) >= 11 is 2.01. The van der Waals surface area contributed by atoms with Gasteiger partial charge in [-0.1, -0.05) is 13.3 Å². The van der Waals surface area contributed by atoms with E-state index in [0.717, 1.165) is 25.9 Å². The van der Waals surface area contributed by atoms with E-state index in [9.17, 15) is 5.11 Å². The summed E-state index contributed by atoms with van der Waals surface area (Å²) in [7, 11) is 0. The van der Waals surface area contributed by atoms with E-state index < -0.39 is 0 Å². The molecule has 1 fully saturated rings. The minimum Gasteiger partial charge on any atom is -0.393 e. The molecule has 90 valence electrons. The lowest BCUT2D eigenvalue weighted by Crippen LogP contribution is -2.29. The lowest BCUT2D eigenvalue weighted by molar-refractivity contribution is 0.101. The van der Waals surface area contributed by atoms with E-state index in [0.29, 0.717) is 5.92 Å². The van der Waals surface area contributed by atoms with Crippen molar-refractivity contribution in [2.45, 2.75) is 45.1 Å². The topological polar surface area (TPSA) is 32.3 Å². The molecule has 2 nitrogen and oxygen atoms in total. The van der Waals surface area contributed by atoms with Gasteiger partial charge in [0.1, 0.15) is 0 Å². The molecule has 1 saturated carbocycles. The molecule has 1 aliphatic carbocycles. The third-order valence-corrected chi connectivity index (χ3v) is 4.02. The largest absolute Gasteiger partial charge is 0.393 e. The maximum absolute atomic E-state index is 9.52. The molecule has 0 spiro atoms. The first kappa shape index (κ1) is 13.3. The normalized spacial score (nSPS) is 26.8. The highest BCUT2D eigenvalue weighted by Gasteiger charge is 2.19. The van der Waals surface area contributed by atoms with Gasteiger partial charge in [-0.05, 0) is 56.2 Å². The van der Waals surface area contributed by atoms with Crippen LogP contribution in [0.25, 0.3) is 0 Å². The number of nitrogens with one attached hydrogen (secondary N) is 1. The molecule has 15 heavy (non-hydrogen) atoms. The van der Waals surface area contributed by atoms with Gasteiger partial charge in [0, 0.05) is 0 Å². The molecule has 0 aliphatic heterocycles. The molecule has 0 aromatic rings.